The predicted molar refractivity (Wildman–Crippen MR) is 37.9 cm³/mol. The minimum absolute atomic E-state index is 0.105. The molecule has 0 unspecified atom stereocenters. The normalized spacial score (nSPS) is 11.5. The average molecular weight is 218 g/mol. The topological polar surface area (TPSA) is 57.2 Å². The Morgan fingerprint density at radius 2 is 1.64 bits per heavy atom. The Morgan fingerprint density at radius 3 is 2.00 bits per heavy atom. The van der Waals surface area contributed by atoms with Crippen molar-refractivity contribution in [2.24, 2.45) is 0 Å². The molecule has 0 N–H and O–H groups in total. The molecule has 11 heavy (non-hydrogen) atoms. The van der Waals surface area contributed by atoms with Gasteiger partial charge in [-0.15, -0.1) is 0 Å². The summed E-state index contributed by atoms with van der Waals surface area (Å²) >= 11 is -4.97. The summed E-state index contributed by atoms with van der Waals surface area (Å²) in [6.07, 6.45) is 0. The van der Waals surface area contributed by atoms with Crippen LogP contribution in [0.3, 0.4) is 0 Å². The molecule has 1 aromatic carbocycles. The molecule has 0 aliphatic rings. The number of hydrogen-bond acceptors (Lipinski definition) is 3. The van der Waals surface area contributed by atoms with Crippen molar-refractivity contribution in [1.82, 2.24) is 0 Å². The fourth-order valence-electron chi connectivity index (χ4n) is 0.705. The first kappa shape index (κ1) is 8.40. The number of aryl methyl sites for hydroxylation is 1. The van der Waals surface area contributed by atoms with Crippen molar-refractivity contribution < 1.29 is 11.9 Å². The van der Waals surface area contributed by atoms with Crippen LogP contribution in [0.5, 0.6) is 0 Å². The van der Waals surface area contributed by atoms with E-state index in [2.05, 4.69) is 0 Å². The molecule has 0 atom stereocenters. The quantitative estimate of drug-likeness (QED) is 0.589. The fourth-order valence-corrected chi connectivity index (χ4v) is 1.69. The first-order valence-corrected chi connectivity index (χ1v) is 5.98. The van der Waals surface area contributed by atoms with Crippen LogP contribution >= 0.6 is 0 Å². The molecule has 3 nitrogen and oxygen atoms in total. The van der Waals surface area contributed by atoms with Gasteiger partial charge in [0.1, 0.15) is 0 Å². The van der Waals surface area contributed by atoms with E-state index in [1.54, 1.807) is 12.1 Å². The molecule has 4 heteroatoms. The average Bonchev–Trinajstić information content (AvgIpc) is 1.86. The third kappa shape index (κ3) is 2.12. The molecule has 0 heterocycles. The molecule has 0 fully saturated rings. The maximum absolute atomic E-state index is 10.5. The van der Waals surface area contributed by atoms with Crippen molar-refractivity contribution in [2.75, 3.05) is 0 Å². The summed E-state index contributed by atoms with van der Waals surface area (Å²) in [6.45, 7) is 1.83. The third-order valence-electron chi connectivity index (χ3n) is 1.31. The van der Waals surface area contributed by atoms with E-state index in [0.29, 0.717) is 0 Å². The summed E-state index contributed by atoms with van der Waals surface area (Å²) in [5, 5.41) is 0. The van der Waals surface area contributed by atoms with Gasteiger partial charge in [-0.3, -0.25) is 0 Å². The first-order chi connectivity index (χ1) is 5.00. The Hall–Kier alpha value is -0.701. The molecule has 0 bridgehead atoms. The Balaban J connectivity index is 3.20. The predicted octanol–water partition coefficient (Wildman–Crippen LogP) is -0.638. The van der Waals surface area contributed by atoms with Crippen LogP contribution < -0.4 is 8.65 Å². The molecular weight excluding hydrogens is 211 g/mol. The third-order valence-corrected chi connectivity index (χ3v) is 3.09. The van der Waals surface area contributed by atoms with Gasteiger partial charge >= 0.3 is 66.1 Å². The van der Waals surface area contributed by atoms with Crippen LogP contribution in [-0.4, -0.2) is 13.0 Å². The maximum atomic E-state index is 10.5. The van der Waals surface area contributed by atoms with Crippen molar-refractivity contribution in [2.45, 2.75) is 6.92 Å². The number of benzene rings is 1. The Bertz CT molecular complexity index is 336. The van der Waals surface area contributed by atoms with Gasteiger partial charge in [0, 0.05) is 0 Å². The second-order valence-corrected chi connectivity index (χ2v) is 5.16. The van der Waals surface area contributed by atoms with Gasteiger partial charge in [0.15, 0.2) is 0 Å². The first-order valence-electron chi connectivity index (χ1n) is 3.03. The number of rotatable bonds is 1. The second kappa shape index (κ2) is 2.74. The van der Waals surface area contributed by atoms with Gasteiger partial charge < -0.3 is 0 Å². The molecule has 0 aliphatic carbocycles. The van der Waals surface area contributed by atoms with Gasteiger partial charge in [-0.25, -0.2) is 0 Å². The Kier molecular flexibility index (Phi) is 2.09. The van der Waals surface area contributed by atoms with E-state index in [9.17, 15) is 11.9 Å². The van der Waals surface area contributed by atoms with E-state index >= 15 is 0 Å². The van der Waals surface area contributed by atoms with Crippen LogP contribution in [0.2, 0.25) is 0 Å². The van der Waals surface area contributed by atoms with Crippen molar-refractivity contribution in [3.05, 3.63) is 29.8 Å². The van der Waals surface area contributed by atoms with Gasteiger partial charge in [-0.2, -0.15) is 0 Å². The summed E-state index contributed by atoms with van der Waals surface area (Å²) in [5.41, 5.74) is 0.940. The molecule has 0 saturated carbocycles. The molecule has 1 aromatic rings. The SMILES string of the molecule is Cc1ccc([Se](=O)(=O)[O-])cc1. The van der Waals surface area contributed by atoms with Gasteiger partial charge in [0.05, 0.1) is 0 Å². The number of hydrogen-bond donors (Lipinski definition) is 0. The van der Waals surface area contributed by atoms with E-state index in [0.717, 1.165) is 5.56 Å². The van der Waals surface area contributed by atoms with Crippen molar-refractivity contribution in [3.63, 3.8) is 0 Å². The van der Waals surface area contributed by atoms with Gasteiger partial charge in [0.2, 0.25) is 0 Å². The van der Waals surface area contributed by atoms with E-state index in [4.69, 9.17) is 0 Å². The monoisotopic (exact) mass is 219 g/mol. The molecule has 1 rings (SSSR count). The van der Waals surface area contributed by atoms with Gasteiger partial charge in [-0.1, -0.05) is 0 Å². The summed E-state index contributed by atoms with van der Waals surface area (Å²) in [4.78, 5) is 0. The Labute approximate surface area is 66.6 Å². The summed E-state index contributed by atoms with van der Waals surface area (Å²) in [6, 6.07) is 5.88. The molecule has 0 saturated heterocycles. The molecule has 0 spiro atoms. The van der Waals surface area contributed by atoms with Crippen LogP contribution in [0.4, 0.5) is 0 Å². The second-order valence-electron chi connectivity index (χ2n) is 2.27. The van der Waals surface area contributed by atoms with Crippen LogP contribution in [0, 0.1) is 6.92 Å². The van der Waals surface area contributed by atoms with E-state index in [-0.39, 0.29) is 4.46 Å². The molecular formula is C7H7O3Se-. The van der Waals surface area contributed by atoms with Crippen molar-refractivity contribution in [3.8, 4) is 0 Å². The summed E-state index contributed by atoms with van der Waals surface area (Å²) in [7, 11) is 0. The zero-order valence-electron chi connectivity index (χ0n) is 5.94. The van der Waals surface area contributed by atoms with Crippen LogP contribution in [0.25, 0.3) is 0 Å². The van der Waals surface area contributed by atoms with E-state index in [1.807, 2.05) is 6.92 Å². The molecule has 0 amide bonds. The summed E-state index contributed by atoms with van der Waals surface area (Å²) in [5.74, 6) is 0. The Morgan fingerprint density at radius 1 is 1.18 bits per heavy atom. The van der Waals surface area contributed by atoms with Gasteiger partial charge in [-0.05, 0) is 0 Å². The van der Waals surface area contributed by atoms with Crippen LogP contribution in [0.15, 0.2) is 24.3 Å². The fraction of sp³-hybridized carbons (Fsp3) is 0.143. The van der Waals surface area contributed by atoms with E-state index < -0.39 is 13.0 Å². The van der Waals surface area contributed by atoms with Crippen molar-refractivity contribution in [1.29, 1.82) is 0 Å². The molecule has 0 radical (unpaired) electrons. The van der Waals surface area contributed by atoms with E-state index in [1.165, 1.54) is 12.1 Å². The van der Waals surface area contributed by atoms with Crippen LogP contribution in [0.1, 0.15) is 5.56 Å². The minimum atomic E-state index is -4.97. The zero-order valence-corrected chi connectivity index (χ0v) is 7.66. The van der Waals surface area contributed by atoms with Crippen molar-refractivity contribution >= 4 is 17.5 Å². The van der Waals surface area contributed by atoms with Crippen LogP contribution in [-0.2, 0) is 7.67 Å². The molecule has 60 valence electrons. The molecule has 0 aliphatic heterocycles. The molecule has 0 aromatic heterocycles. The van der Waals surface area contributed by atoms with Gasteiger partial charge in [0.25, 0.3) is 0 Å². The standard InChI is InChI=1S/C7H8O3Se/c1-6-2-4-7(5-3-6)11(8,9)10/h2-5H,1H3,(H,8,9,10)/p-1. The zero-order chi connectivity index (χ0) is 8.48. The summed E-state index contributed by atoms with van der Waals surface area (Å²) < 4.78 is 31.3.